The molecule has 2 bridgehead atoms. The highest BCUT2D eigenvalue weighted by molar-refractivity contribution is 5.85. The third-order valence-corrected chi connectivity index (χ3v) is 6.01. The Labute approximate surface area is 154 Å². The van der Waals surface area contributed by atoms with Crippen molar-refractivity contribution in [2.24, 2.45) is 0 Å². The molecule has 3 atom stereocenters. The largest absolute Gasteiger partial charge is 0.460 e. The third-order valence-electron chi connectivity index (χ3n) is 6.01. The van der Waals surface area contributed by atoms with E-state index >= 15 is 0 Å². The Balaban J connectivity index is 1.61. The normalized spacial score (nSPS) is 25.8. The van der Waals surface area contributed by atoms with Gasteiger partial charge in [0.15, 0.2) is 0 Å². The summed E-state index contributed by atoms with van der Waals surface area (Å²) in [4.78, 5) is 15.6. The standard InChI is InChI=1S/C22H25NO3/c1-23-18-12-13-19(23)15-20(14-18)26-21(24)22(25,16-8-4-2-5-9-16)17-10-6-3-7-11-17/h2-11,18-20,25H,12-15H2,1H3/t18-,19+,20-. The van der Waals surface area contributed by atoms with Gasteiger partial charge in [-0.05, 0) is 43.9 Å². The van der Waals surface area contributed by atoms with Crippen LogP contribution in [0.2, 0.25) is 0 Å². The quantitative estimate of drug-likeness (QED) is 0.860. The topological polar surface area (TPSA) is 49.8 Å². The molecule has 2 aliphatic heterocycles. The van der Waals surface area contributed by atoms with Gasteiger partial charge in [0.1, 0.15) is 6.10 Å². The van der Waals surface area contributed by atoms with Gasteiger partial charge in [-0.3, -0.25) is 0 Å². The van der Waals surface area contributed by atoms with Crippen molar-refractivity contribution in [2.45, 2.75) is 49.5 Å². The minimum absolute atomic E-state index is 0.129. The molecule has 2 heterocycles. The molecule has 0 aromatic heterocycles. The lowest BCUT2D eigenvalue weighted by Gasteiger charge is -2.37. The Hall–Kier alpha value is -2.17. The van der Waals surface area contributed by atoms with Crippen molar-refractivity contribution in [2.75, 3.05) is 7.05 Å². The van der Waals surface area contributed by atoms with Crippen LogP contribution in [-0.4, -0.2) is 41.2 Å². The Kier molecular flexibility index (Phi) is 4.55. The summed E-state index contributed by atoms with van der Waals surface area (Å²) < 4.78 is 5.88. The molecule has 2 saturated heterocycles. The molecule has 136 valence electrons. The highest BCUT2D eigenvalue weighted by Gasteiger charge is 2.45. The van der Waals surface area contributed by atoms with Crippen LogP contribution in [0.1, 0.15) is 36.8 Å². The molecular weight excluding hydrogens is 326 g/mol. The highest BCUT2D eigenvalue weighted by Crippen LogP contribution is 2.37. The van der Waals surface area contributed by atoms with E-state index in [1.807, 2.05) is 36.4 Å². The molecule has 4 heteroatoms. The second kappa shape index (κ2) is 6.86. The highest BCUT2D eigenvalue weighted by atomic mass is 16.6. The average Bonchev–Trinajstić information content (AvgIpc) is 2.89. The van der Waals surface area contributed by atoms with Crippen molar-refractivity contribution in [3.63, 3.8) is 0 Å². The molecule has 1 N–H and O–H groups in total. The number of nitrogens with zero attached hydrogens (tertiary/aromatic N) is 1. The minimum atomic E-state index is -1.79. The summed E-state index contributed by atoms with van der Waals surface area (Å²) in [6, 6.07) is 19.1. The number of piperidine rings is 1. The SMILES string of the molecule is CN1[C@@H]2CC[C@H]1C[C@H](OC(=O)C(O)(c1ccccc1)c1ccccc1)C2. The van der Waals surface area contributed by atoms with Crippen LogP contribution in [0.25, 0.3) is 0 Å². The van der Waals surface area contributed by atoms with E-state index in [1.165, 1.54) is 0 Å². The summed E-state index contributed by atoms with van der Waals surface area (Å²) in [6.45, 7) is 0. The molecule has 0 unspecified atom stereocenters. The molecule has 0 saturated carbocycles. The zero-order chi connectivity index (χ0) is 18.1. The summed E-state index contributed by atoms with van der Waals surface area (Å²) in [5.41, 5.74) is -0.718. The molecule has 0 aliphatic carbocycles. The summed E-state index contributed by atoms with van der Waals surface area (Å²) in [5, 5.41) is 11.5. The van der Waals surface area contributed by atoms with Crippen LogP contribution in [0, 0.1) is 0 Å². The first-order chi connectivity index (χ1) is 12.6. The van der Waals surface area contributed by atoms with Gasteiger partial charge in [-0.2, -0.15) is 0 Å². The van der Waals surface area contributed by atoms with Crippen LogP contribution in [0.4, 0.5) is 0 Å². The Morgan fingerprint density at radius 3 is 1.88 bits per heavy atom. The molecule has 0 radical (unpaired) electrons. The number of ether oxygens (including phenoxy) is 1. The number of esters is 1. The number of carbonyl (C=O) groups excluding carboxylic acids is 1. The summed E-state index contributed by atoms with van der Waals surface area (Å²) in [5.74, 6) is -0.580. The van der Waals surface area contributed by atoms with Gasteiger partial charge in [-0.25, -0.2) is 4.79 Å². The van der Waals surface area contributed by atoms with Crippen LogP contribution >= 0.6 is 0 Å². The molecule has 2 aliphatic rings. The smallest absolute Gasteiger partial charge is 0.347 e. The van der Waals surface area contributed by atoms with Crippen molar-refractivity contribution < 1.29 is 14.6 Å². The van der Waals surface area contributed by atoms with Crippen molar-refractivity contribution in [1.82, 2.24) is 4.90 Å². The zero-order valence-electron chi connectivity index (χ0n) is 15.0. The second-order valence-electron chi connectivity index (χ2n) is 7.49. The molecule has 0 spiro atoms. The van der Waals surface area contributed by atoms with Crippen molar-refractivity contribution >= 4 is 5.97 Å². The second-order valence-corrected chi connectivity index (χ2v) is 7.49. The lowest BCUT2D eigenvalue weighted by Crippen LogP contribution is -2.46. The van der Waals surface area contributed by atoms with E-state index in [2.05, 4.69) is 11.9 Å². The molecule has 4 rings (SSSR count). The van der Waals surface area contributed by atoms with Crippen LogP contribution in [0.5, 0.6) is 0 Å². The molecule has 2 fully saturated rings. The van der Waals surface area contributed by atoms with E-state index < -0.39 is 11.6 Å². The minimum Gasteiger partial charge on any atom is -0.460 e. The fourth-order valence-corrected chi connectivity index (χ4v) is 4.46. The number of fused-ring (bicyclic) bond motifs is 2. The van der Waals surface area contributed by atoms with Gasteiger partial charge in [0.2, 0.25) is 5.60 Å². The fourth-order valence-electron chi connectivity index (χ4n) is 4.46. The maximum Gasteiger partial charge on any atom is 0.347 e. The van der Waals surface area contributed by atoms with Crippen LogP contribution in [-0.2, 0) is 15.1 Å². The van der Waals surface area contributed by atoms with E-state index in [4.69, 9.17) is 4.74 Å². The van der Waals surface area contributed by atoms with E-state index in [9.17, 15) is 9.90 Å². The van der Waals surface area contributed by atoms with Gasteiger partial charge in [0.05, 0.1) is 0 Å². The Morgan fingerprint density at radius 1 is 0.962 bits per heavy atom. The maximum absolute atomic E-state index is 13.2. The predicted molar refractivity (Wildman–Crippen MR) is 99.6 cm³/mol. The van der Waals surface area contributed by atoms with E-state index in [1.54, 1.807) is 24.3 Å². The molecule has 4 nitrogen and oxygen atoms in total. The number of hydrogen-bond donors (Lipinski definition) is 1. The maximum atomic E-state index is 13.2. The average molecular weight is 351 g/mol. The fraction of sp³-hybridized carbons (Fsp3) is 0.409. The predicted octanol–water partition coefficient (Wildman–Crippen LogP) is 3.09. The Bertz CT molecular complexity index is 708. The molecular formula is C22H25NO3. The van der Waals surface area contributed by atoms with Crippen LogP contribution in [0.3, 0.4) is 0 Å². The number of hydrogen-bond acceptors (Lipinski definition) is 4. The third kappa shape index (κ3) is 2.93. The first-order valence-corrected chi connectivity index (χ1v) is 9.35. The first kappa shape index (κ1) is 17.3. The van der Waals surface area contributed by atoms with Gasteiger partial charge in [0, 0.05) is 12.1 Å². The van der Waals surface area contributed by atoms with Gasteiger partial charge in [-0.1, -0.05) is 60.7 Å². The summed E-state index contributed by atoms with van der Waals surface area (Å²) in [7, 11) is 2.16. The van der Waals surface area contributed by atoms with E-state index in [-0.39, 0.29) is 6.10 Å². The number of benzene rings is 2. The first-order valence-electron chi connectivity index (χ1n) is 9.35. The number of carbonyl (C=O) groups is 1. The summed E-state index contributed by atoms with van der Waals surface area (Å²) >= 11 is 0. The zero-order valence-corrected chi connectivity index (χ0v) is 15.0. The molecule has 0 amide bonds. The molecule has 2 aromatic carbocycles. The molecule has 2 aromatic rings. The monoisotopic (exact) mass is 351 g/mol. The van der Waals surface area contributed by atoms with Crippen molar-refractivity contribution in [3.8, 4) is 0 Å². The van der Waals surface area contributed by atoms with Crippen LogP contribution in [0.15, 0.2) is 60.7 Å². The van der Waals surface area contributed by atoms with Gasteiger partial charge < -0.3 is 14.7 Å². The van der Waals surface area contributed by atoms with E-state index in [0.29, 0.717) is 23.2 Å². The Morgan fingerprint density at radius 2 is 1.42 bits per heavy atom. The van der Waals surface area contributed by atoms with Crippen molar-refractivity contribution in [3.05, 3.63) is 71.8 Å². The lowest BCUT2D eigenvalue weighted by atomic mass is 9.86. The van der Waals surface area contributed by atoms with Gasteiger partial charge in [0.25, 0.3) is 0 Å². The van der Waals surface area contributed by atoms with E-state index in [0.717, 1.165) is 25.7 Å². The van der Waals surface area contributed by atoms with Gasteiger partial charge in [-0.15, -0.1) is 0 Å². The number of rotatable bonds is 4. The van der Waals surface area contributed by atoms with Crippen LogP contribution < -0.4 is 0 Å². The summed E-state index contributed by atoms with van der Waals surface area (Å²) in [6.07, 6.45) is 3.89. The number of aliphatic hydroxyl groups is 1. The molecule has 26 heavy (non-hydrogen) atoms. The van der Waals surface area contributed by atoms with Crippen molar-refractivity contribution in [1.29, 1.82) is 0 Å². The van der Waals surface area contributed by atoms with Gasteiger partial charge >= 0.3 is 5.97 Å². The lowest BCUT2D eigenvalue weighted by molar-refractivity contribution is -0.171.